The van der Waals surface area contributed by atoms with E-state index < -0.39 is 0 Å². The molecule has 0 amide bonds. The van der Waals surface area contributed by atoms with Crippen molar-refractivity contribution in [2.24, 2.45) is 5.73 Å². The lowest BCUT2D eigenvalue weighted by Gasteiger charge is -2.32. The Balaban J connectivity index is 2.13. The minimum absolute atomic E-state index is 0.145. The van der Waals surface area contributed by atoms with Crippen LogP contribution in [-0.4, -0.2) is 6.04 Å². The van der Waals surface area contributed by atoms with Gasteiger partial charge >= 0.3 is 0 Å². The Kier molecular flexibility index (Phi) is 1.85. The van der Waals surface area contributed by atoms with Crippen molar-refractivity contribution >= 4 is 0 Å². The van der Waals surface area contributed by atoms with Crippen molar-refractivity contribution in [3.05, 3.63) is 35.6 Å². The van der Waals surface area contributed by atoms with Gasteiger partial charge in [-0.1, -0.05) is 12.1 Å². The molecule has 1 fully saturated rings. The van der Waals surface area contributed by atoms with Crippen molar-refractivity contribution in [2.75, 3.05) is 0 Å². The molecule has 0 bridgehead atoms. The predicted octanol–water partition coefficient (Wildman–Crippen LogP) is 2.03. The van der Waals surface area contributed by atoms with Crippen molar-refractivity contribution in [1.29, 1.82) is 0 Å². The number of benzene rings is 1. The van der Waals surface area contributed by atoms with E-state index in [1.165, 1.54) is 6.07 Å². The van der Waals surface area contributed by atoms with E-state index in [2.05, 4.69) is 0 Å². The monoisotopic (exact) mass is 165 g/mol. The molecule has 1 aromatic carbocycles. The fourth-order valence-electron chi connectivity index (χ4n) is 1.69. The maximum atomic E-state index is 12.8. The molecule has 12 heavy (non-hydrogen) atoms. The van der Waals surface area contributed by atoms with Gasteiger partial charge in [0.2, 0.25) is 0 Å². The molecule has 1 aliphatic rings. The zero-order valence-electron chi connectivity index (χ0n) is 6.83. The smallest absolute Gasteiger partial charge is 0.123 e. The molecule has 64 valence electrons. The zero-order valence-corrected chi connectivity index (χ0v) is 6.83. The Bertz CT molecular complexity index is 279. The fourth-order valence-corrected chi connectivity index (χ4v) is 1.69. The van der Waals surface area contributed by atoms with Gasteiger partial charge in [-0.3, -0.25) is 0 Å². The predicted molar refractivity (Wildman–Crippen MR) is 46.4 cm³/mol. The van der Waals surface area contributed by atoms with Crippen LogP contribution in [0.1, 0.15) is 24.3 Å². The molecule has 1 aliphatic carbocycles. The second-order valence-electron chi connectivity index (χ2n) is 3.48. The van der Waals surface area contributed by atoms with E-state index >= 15 is 0 Å². The summed E-state index contributed by atoms with van der Waals surface area (Å²) in [6.45, 7) is 0. The minimum Gasteiger partial charge on any atom is -0.328 e. The summed E-state index contributed by atoms with van der Waals surface area (Å²) < 4.78 is 12.8. The van der Waals surface area contributed by atoms with Gasteiger partial charge in [-0.15, -0.1) is 0 Å². The van der Waals surface area contributed by atoms with Crippen LogP contribution in [0.25, 0.3) is 0 Å². The standard InChI is InChI=1S/C10H12FN/c11-9-3-1-2-7(4-9)8-5-10(12)6-8/h1-4,8,10H,5-6,12H2. The molecule has 2 heteroatoms. The summed E-state index contributed by atoms with van der Waals surface area (Å²) in [7, 11) is 0. The van der Waals surface area contributed by atoms with Crippen LogP contribution in [0.3, 0.4) is 0 Å². The second-order valence-corrected chi connectivity index (χ2v) is 3.48. The summed E-state index contributed by atoms with van der Waals surface area (Å²) in [5, 5.41) is 0. The van der Waals surface area contributed by atoms with Crippen LogP contribution in [0.2, 0.25) is 0 Å². The van der Waals surface area contributed by atoms with Gasteiger partial charge in [-0.2, -0.15) is 0 Å². The summed E-state index contributed by atoms with van der Waals surface area (Å²) in [6.07, 6.45) is 2.01. The number of hydrogen-bond donors (Lipinski definition) is 1. The topological polar surface area (TPSA) is 26.0 Å². The average Bonchev–Trinajstić information content (AvgIpc) is 1.99. The van der Waals surface area contributed by atoms with Crippen LogP contribution in [0.4, 0.5) is 4.39 Å². The third-order valence-corrected chi connectivity index (χ3v) is 2.49. The number of nitrogens with two attached hydrogens (primary N) is 1. The van der Waals surface area contributed by atoms with Crippen molar-refractivity contribution in [3.8, 4) is 0 Å². The van der Waals surface area contributed by atoms with Gasteiger partial charge in [-0.25, -0.2) is 4.39 Å². The molecule has 0 spiro atoms. The molecule has 1 aromatic rings. The highest BCUT2D eigenvalue weighted by Gasteiger charge is 2.27. The Labute approximate surface area is 71.4 Å². The first-order valence-corrected chi connectivity index (χ1v) is 4.27. The highest BCUT2D eigenvalue weighted by atomic mass is 19.1. The molecule has 1 saturated carbocycles. The molecule has 0 unspecified atom stereocenters. The van der Waals surface area contributed by atoms with Crippen LogP contribution in [-0.2, 0) is 0 Å². The minimum atomic E-state index is -0.145. The maximum absolute atomic E-state index is 12.8. The van der Waals surface area contributed by atoms with Gasteiger partial charge < -0.3 is 5.73 Å². The van der Waals surface area contributed by atoms with Gasteiger partial charge in [0.05, 0.1) is 0 Å². The first-order chi connectivity index (χ1) is 5.75. The molecule has 0 heterocycles. The Morgan fingerprint density at radius 1 is 1.33 bits per heavy atom. The molecular formula is C10H12FN. The summed E-state index contributed by atoms with van der Waals surface area (Å²) in [5.74, 6) is 0.351. The summed E-state index contributed by atoms with van der Waals surface area (Å²) >= 11 is 0. The van der Waals surface area contributed by atoms with Crippen molar-refractivity contribution in [3.63, 3.8) is 0 Å². The molecule has 2 rings (SSSR count). The SMILES string of the molecule is NC1CC(c2cccc(F)c2)C1. The quantitative estimate of drug-likeness (QED) is 0.677. The third-order valence-electron chi connectivity index (χ3n) is 2.49. The van der Waals surface area contributed by atoms with Crippen molar-refractivity contribution in [1.82, 2.24) is 0 Å². The summed E-state index contributed by atoms with van der Waals surface area (Å²) in [6, 6.07) is 7.14. The van der Waals surface area contributed by atoms with Crippen molar-refractivity contribution in [2.45, 2.75) is 24.8 Å². The van der Waals surface area contributed by atoms with Gasteiger partial charge in [0.1, 0.15) is 5.82 Å². The fraction of sp³-hybridized carbons (Fsp3) is 0.400. The summed E-state index contributed by atoms with van der Waals surface area (Å²) in [4.78, 5) is 0. The van der Waals surface area contributed by atoms with E-state index in [9.17, 15) is 4.39 Å². The molecule has 1 nitrogen and oxygen atoms in total. The largest absolute Gasteiger partial charge is 0.328 e. The Hall–Kier alpha value is -0.890. The molecule has 0 aromatic heterocycles. The van der Waals surface area contributed by atoms with E-state index in [0.29, 0.717) is 12.0 Å². The molecule has 0 saturated heterocycles. The highest BCUT2D eigenvalue weighted by Crippen LogP contribution is 2.35. The Morgan fingerprint density at radius 2 is 2.08 bits per heavy atom. The van der Waals surface area contributed by atoms with Crippen molar-refractivity contribution < 1.29 is 4.39 Å². The van der Waals surface area contributed by atoms with Crippen LogP contribution in [0.5, 0.6) is 0 Å². The van der Waals surface area contributed by atoms with E-state index in [1.807, 2.05) is 6.07 Å². The van der Waals surface area contributed by atoms with E-state index in [0.717, 1.165) is 18.4 Å². The van der Waals surface area contributed by atoms with Crippen LogP contribution < -0.4 is 5.73 Å². The number of rotatable bonds is 1. The Morgan fingerprint density at radius 3 is 2.67 bits per heavy atom. The van der Waals surface area contributed by atoms with E-state index in [4.69, 9.17) is 5.73 Å². The molecule has 0 atom stereocenters. The van der Waals surface area contributed by atoms with Crippen LogP contribution >= 0.6 is 0 Å². The zero-order chi connectivity index (χ0) is 8.55. The number of hydrogen-bond acceptors (Lipinski definition) is 1. The van der Waals surface area contributed by atoms with Gasteiger partial charge in [0, 0.05) is 6.04 Å². The normalized spacial score (nSPS) is 28.2. The van der Waals surface area contributed by atoms with Crippen LogP contribution in [0.15, 0.2) is 24.3 Å². The summed E-state index contributed by atoms with van der Waals surface area (Å²) in [5.41, 5.74) is 6.74. The highest BCUT2D eigenvalue weighted by molar-refractivity contribution is 5.23. The maximum Gasteiger partial charge on any atom is 0.123 e. The van der Waals surface area contributed by atoms with Gasteiger partial charge in [0.15, 0.2) is 0 Å². The lowest BCUT2D eigenvalue weighted by molar-refractivity contribution is 0.350. The first kappa shape index (κ1) is 7.74. The average molecular weight is 165 g/mol. The van der Waals surface area contributed by atoms with Gasteiger partial charge in [-0.05, 0) is 36.5 Å². The molecular weight excluding hydrogens is 153 g/mol. The van der Waals surface area contributed by atoms with Crippen LogP contribution in [0, 0.1) is 5.82 Å². The first-order valence-electron chi connectivity index (χ1n) is 4.27. The van der Waals surface area contributed by atoms with Gasteiger partial charge in [0.25, 0.3) is 0 Å². The van der Waals surface area contributed by atoms with E-state index in [1.54, 1.807) is 12.1 Å². The van der Waals surface area contributed by atoms with E-state index in [-0.39, 0.29) is 5.82 Å². The third kappa shape index (κ3) is 1.34. The lowest BCUT2D eigenvalue weighted by atomic mass is 9.76. The lowest BCUT2D eigenvalue weighted by Crippen LogP contribution is -2.34. The molecule has 0 radical (unpaired) electrons. The second kappa shape index (κ2) is 2.87. The number of halogens is 1. The molecule has 2 N–H and O–H groups in total. The molecule has 0 aliphatic heterocycles.